The molecule has 1 aromatic heterocycles. The Morgan fingerprint density at radius 1 is 1.15 bits per heavy atom. The van der Waals surface area contributed by atoms with Crippen molar-refractivity contribution in [1.29, 1.82) is 0 Å². The highest BCUT2D eigenvalue weighted by molar-refractivity contribution is 7.20. The molecule has 0 N–H and O–H groups in total. The highest BCUT2D eigenvalue weighted by Gasteiger charge is 2.15. The van der Waals surface area contributed by atoms with Crippen LogP contribution in [0.4, 0.5) is 0 Å². The van der Waals surface area contributed by atoms with Crippen molar-refractivity contribution in [2.45, 2.75) is 13.5 Å². The SMILES string of the molecule is CCN1CCN(Cc2ccc3cc(C=O)sc3c2)CC1. The van der Waals surface area contributed by atoms with Crippen LogP contribution in [0.3, 0.4) is 0 Å². The number of rotatable bonds is 4. The molecule has 20 heavy (non-hydrogen) atoms. The lowest BCUT2D eigenvalue weighted by atomic mass is 10.1. The van der Waals surface area contributed by atoms with Gasteiger partial charge in [-0.2, -0.15) is 0 Å². The molecule has 3 nitrogen and oxygen atoms in total. The second kappa shape index (κ2) is 6.04. The molecule has 0 bridgehead atoms. The molecule has 1 aliphatic heterocycles. The fourth-order valence-electron chi connectivity index (χ4n) is 2.77. The number of aldehydes is 1. The van der Waals surface area contributed by atoms with Crippen LogP contribution in [0.1, 0.15) is 22.2 Å². The van der Waals surface area contributed by atoms with Crippen molar-refractivity contribution in [3.63, 3.8) is 0 Å². The highest BCUT2D eigenvalue weighted by atomic mass is 32.1. The molecule has 3 rings (SSSR count). The number of thiophene rings is 1. The Morgan fingerprint density at radius 3 is 2.60 bits per heavy atom. The molecule has 0 aliphatic carbocycles. The minimum absolute atomic E-state index is 0.814. The molecule has 1 fully saturated rings. The van der Waals surface area contributed by atoms with Gasteiger partial charge in [0.05, 0.1) is 4.88 Å². The van der Waals surface area contributed by atoms with E-state index in [4.69, 9.17) is 0 Å². The zero-order valence-corrected chi connectivity index (χ0v) is 12.7. The van der Waals surface area contributed by atoms with Crippen molar-refractivity contribution in [2.75, 3.05) is 32.7 Å². The molecule has 2 aromatic rings. The van der Waals surface area contributed by atoms with Gasteiger partial charge in [0, 0.05) is 37.4 Å². The van der Waals surface area contributed by atoms with E-state index in [0.717, 1.165) is 37.3 Å². The summed E-state index contributed by atoms with van der Waals surface area (Å²) in [4.78, 5) is 16.7. The molecule has 1 saturated heterocycles. The first kappa shape index (κ1) is 13.7. The molecule has 4 heteroatoms. The Balaban J connectivity index is 1.70. The van der Waals surface area contributed by atoms with Gasteiger partial charge in [0.2, 0.25) is 0 Å². The van der Waals surface area contributed by atoms with E-state index in [9.17, 15) is 4.79 Å². The number of hydrogen-bond acceptors (Lipinski definition) is 4. The van der Waals surface area contributed by atoms with Gasteiger partial charge in [-0.3, -0.25) is 9.69 Å². The average Bonchev–Trinajstić information content (AvgIpc) is 2.90. The van der Waals surface area contributed by atoms with Crippen LogP contribution in [0, 0.1) is 0 Å². The van der Waals surface area contributed by atoms with Crippen LogP contribution in [0.25, 0.3) is 10.1 Å². The number of hydrogen-bond donors (Lipinski definition) is 0. The molecule has 0 spiro atoms. The first-order chi connectivity index (χ1) is 9.78. The van der Waals surface area contributed by atoms with Gasteiger partial charge < -0.3 is 4.90 Å². The van der Waals surface area contributed by atoms with Crippen molar-refractivity contribution in [3.05, 3.63) is 34.7 Å². The van der Waals surface area contributed by atoms with E-state index in [1.807, 2.05) is 6.07 Å². The van der Waals surface area contributed by atoms with Crippen LogP contribution >= 0.6 is 11.3 Å². The molecular weight excluding hydrogens is 268 g/mol. The minimum Gasteiger partial charge on any atom is -0.301 e. The molecule has 0 unspecified atom stereocenters. The number of piperazine rings is 1. The third-order valence-electron chi connectivity index (χ3n) is 4.04. The number of carbonyl (C=O) groups excluding carboxylic acids is 1. The Morgan fingerprint density at radius 2 is 1.90 bits per heavy atom. The molecule has 1 aromatic carbocycles. The normalized spacial score (nSPS) is 17.6. The van der Waals surface area contributed by atoms with E-state index in [1.165, 1.54) is 28.7 Å². The summed E-state index contributed by atoms with van der Waals surface area (Å²) < 4.78 is 1.22. The average molecular weight is 288 g/mol. The van der Waals surface area contributed by atoms with Gasteiger partial charge in [0.25, 0.3) is 0 Å². The molecule has 2 heterocycles. The van der Waals surface area contributed by atoms with Crippen LogP contribution in [0.15, 0.2) is 24.3 Å². The van der Waals surface area contributed by atoms with Gasteiger partial charge in [0.1, 0.15) is 0 Å². The third-order valence-corrected chi connectivity index (χ3v) is 5.06. The summed E-state index contributed by atoms with van der Waals surface area (Å²) in [7, 11) is 0. The molecule has 0 atom stereocenters. The second-order valence-electron chi connectivity index (χ2n) is 5.35. The van der Waals surface area contributed by atoms with Crippen LogP contribution in [-0.2, 0) is 6.54 Å². The number of fused-ring (bicyclic) bond motifs is 1. The van der Waals surface area contributed by atoms with E-state index in [0.29, 0.717) is 0 Å². The zero-order chi connectivity index (χ0) is 13.9. The predicted octanol–water partition coefficient (Wildman–Crippen LogP) is 2.85. The quantitative estimate of drug-likeness (QED) is 0.808. The number of likely N-dealkylation sites (N-methyl/N-ethyl adjacent to an activating group) is 1. The van der Waals surface area contributed by atoms with Gasteiger partial charge in [-0.25, -0.2) is 0 Å². The van der Waals surface area contributed by atoms with Crippen LogP contribution in [-0.4, -0.2) is 48.8 Å². The van der Waals surface area contributed by atoms with Crippen molar-refractivity contribution >= 4 is 27.7 Å². The second-order valence-corrected chi connectivity index (χ2v) is 6.46. The highest BCUT2D eigenvalue weighted by Crippen LogP contribution is 2.26. The van der Waals surface area contributed by atoms with E-state index in [2.05, 4.69) is 34.9 Å². The van der Waals surface area contributed by atoms with Crippen LogP contribution < -0.4 is 0 Å². The lowest BCUT2D eigenvalue weighted by molar-refractivity contribution is 0.112. The number of nitrogens with zero attached hydrogens (tertiary/aromatic N) is 2. The number of carbonyl (C=O) groups is 1. The van der Waals surface area contributed by atoms with E-state index in [1.54, 1.807) is 11.3 Å². The Labute approximate surface area is 123 Å². The summed E-state index contributed by atoms with van der Waals surface area (Å²) in [6.07, 6.45) is 0.939. The van der Waals surface area contributed by atoms with E-state index < -0.39 is 0 Å². The smallest absolute Gasteiger partial charge is 0.160 e. The van der Waals surface area contributed by atoms with E-state index in [-0.39, 0.29) is 0 Å². The monoisotopic (exact) mass is 288 g/mol. The van der Waals surface area contributed by atoms with Crippen LogP contribution in [0.5, 0.6) is 0 Å². The summed E-state index contributed by atoms with van der Waals surface area (Å²) in [6.45, 7) is 9.04. The summed E-state index contributed by atoms with van der Waals surface area (Å²) in [5, 5.41) is 1.18. The molecule has 0 saturated carbocycles. The Hall–Kier alpha value is -1.23. The first-order valence-electron chi connectivity index (χ1n) is 7.21. The summed E-state index contributed by atoms with van der Waals surface area (Å²) in [5.41, 5.74) is 1.35. The summed E-state index contributed by atoms with van der Waals surface area (Å²) in [6, 6.07) is 8.53. The summed E-state index contributed by atoms with van der Waals surface area (Å²) in [5.74, 6) is 0. The Bertz CT molecular complexity index is 600. The van der Waals surface area contributed by atoms with Crippen molar-refractivity contribution in [2.24, 2.45) is 0 Å². The molecule has 106 valence electrons. The maximum absolute atomic E-state index is 10.8. The molecular formula is C16H20N2OS. The van der Waals surface area contributed by atoms with Gasteiger partial charge in [-0.15, -0.1) is 11.3 Å². The first-order valence-corrected chi connectivity index (χ1v) is 8.02. The summed E-state index contributed by atoms with van der Waals surface area (Å²) >= 11 is 1.58. The van der Waals surface area contributed by atoms with Gasteiger partial charge >= 0.3 is 0 Å². The van der Waals surface area contributed by atoms with Gasteiger partial charge in [-0.05, 0) is 29.6 Å². The molecule has 1 aliphatic rings. The minimum atomic E-state index is 0.814. The standard InChI is InChI=1S/C16H20N2OS/c1-2-17-5-7-18(8-6-17)11-13-3-4-14-10-15(12-19)20-16(14)9-13/h3-4,9-10,12H,2,5-8,11H2,1H3. The molecule has 0 radical (unpaired) electrons. The van der Waals surface area contributed by atoms with Crippen molar-refractivity contribution in [1.82, 2.24) is 9.80 Å². The molecule has 0 amide bonds. The fraction of sp³-hybridized carbons (Fsp3) is 0.438. The Kier molecular flexibility index (Phi) is 4.15. The fourth-order valence-corrected chi connectivity index (χ4v) is 3.72. The zero-order valence-electron chi connectivity index (χ0n) is 11.8. The lowest BCUT2D eigenvalue weighted by Gasteiger charge is -2.34. The van der Waals surface area contributed by atoms with Crippen molar-refractivity contribution < 1.29 is 4.79 Å². The van der Waals surface area contributed by atoms with Gasteiger partial charge in [0.15, 0.2) is 6.29 Å². The predicted molar refractivity (Wildman–Crippen MR) is 84.6 cm³/mol. The van der Waals surface area contributed by atoms with Crippen LogP contribution in [0.2, 0.25) is 0 Å². The number of benzene rings is 1. The largest absolute Gasteiger partial charge is 0.301 e. The van der Waals surface area contributed by atoms with Crippen molar-refractivity contribution in [3.8, 4) is 0 Å². The topological polar surface area (TPSA) is 23.6 Å². The maximum Gasteiger partial charge on any atom is 0.160 e. The maximum atomic E-state index is 10.8. The lowest BCUT2D eigenvalue weighted by Crippen LogP contribution is -2.45. The van der Waals surface area contributed by atoms with Gasteiger partial charge in [-0.1, -0.05) is 19.1 Å². The third kappa shape index (κ3) is 2.92. The van der Waals surface area contributed by atoms with E-state index >= 15 is 0 Å².